The zero-order valence-corrected chi connectivity index (χ0v) is 12.2. The lowest BCUT2D eigenvalue weighted by molar-refractivity contribution is 0.177. The second-order valence-corrected chi connectivity index (χ2v) is 5.35. The van der Waals surface area contributed by atoms with Crippen molar-refractivity contribution in [2.24, 2.45) is 0 Å². The van der Waals surface area contributed by atoms with Gasteiger partial charge >= 0.3 is 0 Å². The highest BCUT2D eigenvalue weighted by Gasteiger charge is 2.13. The maximum atomic E-state index is 10.4. The first-order valence-corrected chi connectivity index (χ1v) is 7.07. The van der Waals surface area contributed by atoms with Crippen molar-refractivity contribution in [3.05, 3.63) is 69.2 Å². The minimum absolute atomic E-state index is 0.469. The Labute approximate surface area is 123 Å². The predicted octanol–water partition coefficient (Wildman–Crippen LogP) is 4.83. The topological polar surface area (TPSA) is 20.2 Å². The standard InChI is InChI=1S/C16H16Cl2O/c1-2-11-5-3-4-6-14(11)16(19)10-12-9-13(17)7-8-15(12)18/h3-9,16,19H,2,10H2,1H3. The first-order valence-electron chi connectivity index (χ1n) is 6.31. The van der Waals surface area contributed by atoms with Crippen LogP contribution in [0.5, 0.6) is 0 Å². The Morgan fingerprint density at radius 1 is 1.05 bits per heavy atom. The number of aliphatic hydroxyl groups excluding tert-OH is 1. The van der Waals surface area contributed by atoms with E-state index in [1.54, 1.807) is 12.1 Å². The maximum Gasteiger partial charge on any atom is 0.0833 e. The first kappa shape index (κ1) is 14.4. The van der Waals surface area contributed by atoms with Crippen molar-refractivity contribution >= 4 is 23.2 Å². The molecule has 2 rings (SSSR count). The van der Waals surface area contributed by atoms with Crippen LogP contribution in [0, 0.1) is 0 Å². The monoisotopic (exact) mass is 294 g/mol. The molecule has 0 spiro atoms. The minimum atomic E-state index is -0.563. The Morgan fingerprint density at radius 3 is 2.53 bits per heavy atom. The molecule has 0 saturated carbocycles. The second-order valence-electron chi connectivity index (χ2n) is 4.51. The Bertz CT molecular complexity index is 566. The SMILES string of the molecule is CCc1ccccc1C(O)Cc1cc(Cl)ccc1Cl. The molecule has 1 atom stereocenters. The van der Waals surface area contributed by atoms with Crippen molar-refractivity contribution in [3.8, 4) is 0 Å². The summed E-state index contributed by atoms with van der Waals surface area (Å²) in [5.74, 6) is 0. The average molecular weight is 295 g/mol. The summed E-state index contributed by atoms with van der Waals surface area (Å²) in [5, 5.41) is 11.7. The Hall–Kier alpha value is -1.02. The van der Waals surface area contributed by atoms with Crippen molar-refractivity contribution in [3.63, 3.8) is 0 Å². The molecule has 0 fully saturated rings. The highest BCUT2D eigenvalue weighted by Crippen LogP contribution is 2.27. The van der Waals surface area contributed by atoms with Gasteiger partial charge in [-0.15, -0.1) is 0 Å². The molecule has 2 aromatic carbocycles. The molecule has 0 bridgehead atoms. The van der Waals surface area contributed by atoms with Gasteiger partial charge < -0.3 is 5.11 Å². The first-order chi connectivity index (χ1) is 9.11. The summed E-state index contributed by atoms with van der Waals surface area (Å²) in [6.07, 6.45) is 0.805. The molecule has 0 radical (unpaired) electrons. The van der Waals surface area contributed by atoms with Crippen LogP contribution in [0.3, 0.4) is 0 Å². The summed E-state index contributed by atoms with van der Waals surface area (Å²) in [5.41, 5.74) is 2.99. The summed E-state index contributed by atoms with van der Waals surface area (Å²) >= 11 is 12.1. The molecule has 1 unspecified atom stereocenters. The summed E-state index contributed by atoms with van der Waals surface area (Å²) in [6.45, 7) is 2.08. The molecule has 100 valence electrons. The molecule has 0 aliphatic rings. The van der Waals surface area contributed by atoms with Crippen molar-refractivity contribution in [1.29, 1.82) is 0 Å². The second kappa shape index (κ2) is 6.42. The normalized spacial score (nSPS) is 12.4. The van der Waals surface area contributed by atoms with E-state index in [1.165, 1.54) is 0 Å². The van der Waals surface area contributed by atoms with Gasteiger partial charge in [-0.05, 0) is 41.3 Å². The van der Waals surface area contributed by atoms with Gasteiger partial charge in [0.25, 0.3) is 0 Å². The maximum absolute atomic E-state index is 10.4. The molecule has 1 N–H and O–H groups in total. The fourth-order valence-electron chi connectivity index (χ4n) is 2.20. The number of benzene rings is 2. The third-order valence-electron chi connectivity index (χ3n) is 3.22. The number of aliphatic hydroxyl groups is 1. The highest BCUT2D eigenvalue weighted by molar-refractivity contribution is 6.33. The molecular formula is C16H16Cl2O. The minimum Gasteiger partial charge on any atom is -0.388 e. The van der Waals surface area contributed by atoms with E-state index in [-0.39, 0.29) is 0 Å². The van der Waals surface area contributed by atoms with Gasteiger partial charge in [-0.3, -0.25) is 0 Å². The van der Waals surface area contributed by atoms with E-state index in [0.717, 1.165) is 23.1 Å². The van der Waals surface area contributed by atoms with Crippen LogP contribution >= 0.6 is 23.2 Å². The third kappa shape index (κ3) is 3.50. The summed E-state index contributed by atoms with van der Waals surface area (Å²) in [7, 11) is 0. The van der Waals surface area contributed by atoms with Gasteiger partial charge in [0, 0.05) is 16.5 Å². The van der Waals surface area contributed by atoms with Gasteiger partial charge in [-0.1, -0.05) is 54.4 Å². The van der Waals surface area contributed by atoms with Crippen LogP contribution in [0.15, 0.2) is 42.5 Å². The van der Waals surface area contributed by atoms with Gasteiger partial charge in [0.2, 0.25) is 0 Å². The lowest BCUT2D eigenvalue weighted by Gasteiger charge is -2.15. The highest BCUT2D eigenvalue weighted by atomic mass is 35.5. The fraction of sp³-hybridized carbons (Fsp3) is 0.250. The number of hydrogen-bond donors (Lipinski definition) is 1. The van der Waals surface area contributed by atoms with Gasteiger partial charge in [0.15, 0.2) is 0 Å². The molecule has 0 saturated heterocycles. The molecule has 0 aliphatic carbocycles. The van der Waals surface area contributed by atoms with Crippen LogP contribution in [-0.2, 0) is 12.8 Å². The van der Waals surface area contributed by atoms with E-state index >= 15 is 0 Å². The van der Waals surface area contributed by atoms with Gasteiger partial charge in [-0.25, -0.2) is 0 Å². The van der Waals surface area contributed by atoms with Gasteiger partial charge in [0.1, 0.15) is 0 Å². The zero-order chi connectivity index (χ0) is 13.8. The van der Waals surface area contributed by atoms with E-state index in [1.807, 2.05) is 30.3 Å². The van der Waals surface area contributed by atoms with Gasteiger partial charge in [0.05, 0.1) is 6.10 Å². The van der Waals surface area contributed by atoms with Crippen molar-refractivity contribution in [1.82, 2.24) is 0 Å². The number of rotatable bonds is 4. The number of aryl methyl sites for hydroxylation is 1. The quantitative estimate of drug-likeness (QED) is 0.856. The summed E-state index contributed by atoms with van der Waals surface area (Å²) in [6, 6.07) is 13.2. The van der Waals surface area contributed by atoms with Crippen LogP contribution in [0.4, 0.5) is 0 Å². The van der Waals surface area contributed by atoms with Crippen LogP contribution in [-0.4, -0.2) is 5.11 Å². The predicted molar refractivity (Wildman–Crippen MR) is 80.9 cm³/mol. The zero-order valence-electron chi connectivity index (χ0n) is 10.7. The number of halogens is 2. The largest absolute Gasteiger partial charge is 0.388 e. The summed E-state index contributed by atoms with van der Waals surface area (Å²) in [4.78, 5) is 0. The molecule has 0 aliphatic heterocycles. The molecule has 19 heavy (non-hydrogen) atoms. The molecule has 3 heteroatoms. The van der Waals surface area contributed by atoms with E-state index < -0.39 is 6.10 Å². The van der Waals surface area contributed by atoms with E-state index in [0.29, 0.717) is 16.5 Å². The fourth-order valence-corrected chi connectivity index (χ4v) is 2.59. The van der Waals surface area contributed by atoms with Crippen molar-refractivity contribution in [2.75, 3.05) is 0 Å². The third-order valence-corrected chi connectivity index (χ3v) is 3.82. The lowest BCUT2D eigenvalue weighted by Crippen LogP contribution is -2.05. The molecule has 0 heterocycles. The smallest absolute Gasteiger partial charge is 0.0833 e. The Morgan fingerprint density at radius 2 is 1.79 bits per heavy atom. The van der Waals surface area contributed by atoms with Crippen LogP contribution in [0.25, 0.3) is 0 Å². The summed E-state index contributed by atoms with van der Waals surface area (Å²) < 4.78 is 0. The molecule has 1 nitrogen and oxygen atoms in total. The average Bonchev–Trinajstić information content (AvgIpc) is 2.42. The van der Waals surface area contributed by atoms with Gasteiger partial charge in [-0.2, -0.15) is 0 Å². The number of hydrogen-bond acceptors (Lipinski definition) is 1. The van der Waals surface area contributed by atoms with E-state index in [2.05, 4.69) is 6.92 Å². The van der Waals surface area contributed by atoms with Crippen LogP contribution in [0.2, 0.25) is 10.0 Å². The molecule has 0 amide bonds. The van der Waals surface area contributed by atoms with Crippen LogP contribution in [0.1, 0.15) is 29.7 Å². The molecular weight excluding hydrogens is 279 g/mol. The van der Waals surface area contributed by atoms with Crippen molar-refractivity contribution < 1.29 is 5.11 Å². The molecule has 0 aromatic heterocycles. The van der Waals surface area contributed by atoms with E-state index in [4.69, 9.17) is 23.2 Å². The Balaban J connectivity index is 2.25. The lowest BCUT2D eigenvalue weighted by atomic mass is 9.96. The van der Waals surface area contributed by atoms with Crippen molar-refractivity contribution in [2.45, 2.75) is 25.9 Å². The molecule has 2 aromatic rings. The van der Waals surface area contributed by atoms with E-state index in [9.17, 15) is 5.11 Å². The van der Waals surface area contributed by atoms with Crippen LogP contribution < -0.4 is 0 Å². The Kier molecular flexibility index (Phi) is 4.87.